The molecule has 0 unspecified atom stereocenters. The number of ether oxygens (including phenoxy) is 5. The van der Waals surface area contributed by atoms with Gasteiger partial charge in [-0.05, 0) is 101 Å². The zero-order valence-corrected chi connectivity index (χ0v) is 29.2. The lowest BCUT2D eigenvalue weighted by molar-refractivity contribution is -0.137. The number of carbonyl (C=O) groups excluding carboxylic acids is 3. The lowest BCUT2D eigenvalue weighted by Crippen LogP contribution is -2.46. The van der Waals surface area contributed by atoms with E-state index < -0.39 is 26.8 Å². The summed E-state index contributed by atoms with van der Waals surface area (Å²) in [5.41, 5.74) is 1.04. The second-order valence-electron chi connectivity index (χ2n) is 10.1. The zero-order valence-electron chi connectivity index (χ0n) is 28.2. The van der Waals surface area contributed by atoms with Crippen molar-refractivity contribution >= 4 is 32.9 Å². The van der Waals surface area contributed by atoms with Crippen molar-refractivity contribution in [2.45, 2.75) is 58.9 Å². The first-order valence-corrected chi connectivity index (χ1v) is 17.9. The Hall–Kier alpha value is -3.91. The lowest BCUT2D eigenvalue weighted by Gasteiger charge is -2.28. The van der Waals surface area contributed by atoms with Crippen molar-refractivity contribution in [3.05, 3.63) is 59.7 Å². The van der Waals surface area contributed by atoms with Crippen LogP contribution >= 0.6 is 0 Å². The SMILES string of the molecule is CCO[Si](CCCNC(=O)OCCCCCCOC(=O)/C=C/c1ccc(OC(=O)c2ccc(OC)cc2)c(OC)c1)(OCC)OCC. The van der Waals surface area contributed by atoms with E-state index in [1.54, 1.807) is 55.7 Å². The Kier molecular flexibility index (Phi) is 18.9. The maximum atomic E-state index is 12.5. The number of alkyl carbamates (subject to hydrolysis) is 1. The molecule has 0 heterocycles. The monoisotopic (exact) mass is 675 g/mol. The number of hydrogen-bond donors (Lipinski definition) is 1. The second kappa shape index (κ2) is 22.6. The number of unbranched alkanes of at least 4 members (excludes halogenated alkanes) is 3. The van der Waals surface area contributed by atoms with Gasteiger partial charge in [0.25, 0.3) is 0 Å². The summed E-state index contributed by atoms with van der Waals surface area (Å²) in [6, 6.07) is 12.1. The van der Waals surface area contributed by atoms with Gasteiger partial charge < -0.3 is 42.3 Å². The number of esters is 2. The molecule has 1 amide bonds. The Labute approximate surface area is 279 Å². The van der Waals surface area contributed by atoms with Crippen LogP contribution in [-0.2, 0) is 27.5 Å². The standard InChI is InChI=1S/C34H49NO11Si/c1-6-43-47(44-7-2,45-8-3)25-13-22-35-34(38)42-24-12-10-9-11-23-41-32(36)21-15-27-14-20-30(31(26-27)40-5)46-33(37)28-16-18-29(39-4)19-17-28/h14-21,26H,6-13,22-25H2,1-5H3,(H,35,38)/b21-15+. The minimum Gasteiger partial charge on any atom is -0.497 e. The molecule has 0 aromatic heterocycles. The average molecular weight is 676 g/mol. The van der Waals surface area contributed by atoms with Crippen LogP contribution in [-0.4, -0.2) is 80.6 Å². The Morgan fingerprint density at radius 3 is 1.98 bits per heavy atom. The van der Waals surface area contributed by atoms with E-state index >= 15 is 0 Å². The lowest BCUT2D eigenvalue weighted by atomic mass is 10.2. The van der Waals surface area contributed by atoms with Gasteiger partial charge in [0.15, 0.2) is 11.5 Å². The highest BCUT2D eigenvalue weighted by Crippen LogP contribution is 2.29. The molecule has 12 nitrogen and oxygen atoms in total. The quantitative estimate of drug-likeness (QED) is 0.0474. The van der Waals surface area contributed by atoms with E-state index in [9.17, 15) is 14.4 Å². The predicted octanol–water partition coefficient (Wildman–Crippen LogP) is 6.20. The maximum absolute atomic E-state index is 12.5. The van der Waals surface area contributed by atoms with Gasteiger partial charge in [-0.15, -0.1) is 0 Å². The summed E-state index contributed by atoms with van der Waals surface area (Å²) in [5, 5.41) is 2.76. The van der Waals surface area contributed by atoms with Crippen molar-refractivity contribution in [3.8, 4) is 17.2 Å². The first-order chi connectivity index (χ1) is 22.8. The highest BCUT2D eigenvalue weighted by molar-refractivity contribution is 6.60. The van der Waals surface area contributed by atoms with Gasteiger partial charge in [-0.2, -0.15) is 0 Å². The largest absolute Gasteiger partial charge is 0.500 e. The van der Waals surface area contributed by atoms with Gasteiger partial charge in [0, 0.05) is 38.5 Å². The van der Waals surface area contributed by atoms with Crippen LogP contribution in [0.3, 0.4) is 0 Å². The third-order valence-corrected chi connectivity index (χ3v) is 9.82. The Morgan fingerprint density at radius 2 is 1.38 bits per heavy atom. The summed E-state index contributed by atoms with van der Waals surface area (Å²) >= 11 is 0. The maximum Gasteiger partial charge on any atom is 0.500 e. The van der Waals surface area contributed by atoms with Crippen molar-refractivity contribution in [2.75, 3.05) is 53.8 Å². The highest BCUT2D eigenvalue weighted by atomic mass is 28.4. The van der Waals surface area contributed by atoms with Crippen LogP contribution in [0.4, 0.5) is 4.79 Å². The molecule has 2 aromatic rings. The van der Waals surface area contributed by atoms with Crippen molar-refractivity contribution in [2.24, 2.45) is 0 Å². The van der Waals surface area contributed by atoms with Crippen LogP contribution < -0.4 is 19.5 Å². The van der Waals surface area contributed by atoms with E-state index in [-0.39, 0.29) is 12.4 Å². The molecule has 1 N–H and O–H groups in total. The molecule has 0 radical (unpaired) electrons. The van der Waals surface area contributed by atoms with Gasteiger partial charge in [0.05, 0.1) is 33.0 Å². The minimum absolute atomic E-state index is 0.251. The topological polar surface area (TPSA) is 137 Å². The van der Waals surface area contributed by atoms with Crippen molar-refractivity contribution in [1.82, 2.24) is 5.32 Å². The molecule has 0 atom stereocenters. The molecule has 47 heavy (non-hydrogen) atoms. The fourth-order valence-electron chi connectivity index (χ4n) is 4.41. The number of hydrogen-bond acceptors (Lipinski definition) is 11. The molecular formula is C34H49NO11Si. The van der Waals surface area contributed by atoms with E-state index in [1.165, 1.54) is 13.2 Å². The summed E-state index contributed by atoms with van der Waals surface area (Å²) in [6.45, 7) is 8.32. The molecule has 0 fully saturated rings. The molecule has 0 aliphatic carbocycles. The number of rotatable bonds is 23. The fraction of sp³-hybridized carbons (Fsp3) is 0.500. The number of amides is 1. The zero-order chi connectivity index (χ0) is 34.3. The molecule has 0 aliphatic heterocycles. The van der Waals surface area contributed by atoms with E-state index in [2.05, 4.69) is 5.32 Å². The van der Waals surface area contributed by atoms with Gasteiger partial charge in [-0.3, -0.25) is 0 Å². The van der Waals surface area contributed by atoms with Gasteiger partial charge >= 0.3 is 26.8 Å². The first kappa shape index (κ1) is 39.3. The van der Waals surface area contributed by atoms with Crippen LogP contribution in [0.1, 0.15) is 68.8 Å². The molecule has 0 aliphatic rings. The molecule has 13 heteroatoms. The summed E-state index contributed by atoms with van der Waals surface area (Å²) in [5.74, 6) is 0.218. The van der Waals surface area contributed by atoms with Crippen LogP contribution in [0.25, 0.3) is 6.08 Å². The van der Waals surface area contributed by atoms with E-state index in [4.69, 9.17) is 37.0 Å². The van der Waals surface area contributed by atoms with Gasteiger partial charge in [-0.25, -0.2) is 14.4 Å². The number of methoxy groups -OCH3 is 2. The smallest absolute Gasteiger partial charge is 0.497 e. The number of carbonyl (C=O) groups is 3. The second-order valence-corrected chi connectivity index (χ2v) is 12.8. The predicted molar refractivity (Wildman–Crippen MR) is 179 cm³/mol. The molecule has 2 aromatic carbocycles. The Morgan fingerprint density at radius 1 is 0.745 bits per heavy atom. The van der Waals surface area contributed by atoms with Crippen molar-refractivity contribution in [3.63, 3.8) is 0 Å². The highest BCUT2D eigenvalue weighted by Gasteiger charge is 2.39. The number of benzene rings is 2. The molecule has 0 saturated heterocycles. The normalized spacial score (nSPS) is 11.3. The number of nitrogens with one attached hydrogen (secondary N) is 1. The fourth-order valence-corrected chi connectivity index (χ4v) is 7.03. The van der Waals surface area contributed by atoms with E-state index in [1.807, 2.05) is 20.8 Å². The van der Waals surface area contributed by atoms with Crippen LogP contribution in [0, 0.1) is 0 Å². The molecule has 0 bridgehead atoms. The van der Waals surface area contributed by atoms with Crippen LogP contribution in [0.2, 0.25) is 6.04 Å². The van der Waals surface area contributed by atoms with Crippen molar-refractivity contribution in [1.29, 1.82) is 0 Å². The van der Waals surface area contributed by atoms with Gasteiger partial charge in [0.2, 0.25) is 0 Å². The third kappa shape index (κ3) is 15.0. The minimum atomic E-state index is -2.71. The average Bonchev–Trinajstić information content (AvgIpc) is 3.07. The summed E-state index contributed by atoms with van der Waals surface area (Å²) in [6.07, 6.45) is 6.20. The Bertz CT molecular complexity index is 1240. The molecular weight excluding hydrogens is 626 g/mol. The van der Waals surface area contributed by atoms with Gasteiger partial charge in [-0.1, -0.05) is 6.07 Å². The summed E-state index contributed by atoms with van der Waals surface area (Å²) in [7, 11) is 0.301. The molecule has 260 valence electrons. The van der Waals surface area contributed by atoms with Crippen molar-refractivity contribution < 1.29 is 51.3 Å². The third-order valence-electron chi connectivity index (χ3n) is 6.67. The summed E-state index contributed by atoms with van der Waals surface area (Å²) in [4.78, 5) is 36.6. The first-order valence-electron chi connectivity index (χ1n) is 16.0. The Balaban J connectivity index is 1.60. The summed E-state index contributed by atoms with van der Waals surface area (Å²) < 4.78 is 43.9. The van der Waals surface area contributed by atoms with Crippen LogP contribution in [0.5, 0.6) is 17.2 Å². The molecule has 2 rings (SSSR count). The van der Waals surface area contributed by atoms with E-state index in [0.29, 0.717) is 80.9 Å². The van der Waals surface area contributed by atoms with E-state index in [0.717, 1.165) is 12.8 Å². The molecule has 0 saturated carbocycles. The van der Waals surface area contributed by atoms with Crippen LogP contribution in [0.15, 0.2) is 48.5 Å². The molecule has 0 spiro atoms. The van der Waals surface area contributed by atoms with Gasteiger partial charge in [0.1, 0.15) is 5.75 Å².